The first kappa shape index (κ1) is 26.4. The van der Waals surface area contributed by atoms with E-state index in [1.54, 1.807) is 17.3 Å². The van der Waals surface area contributed by atoms with Crippen LogP contribution in [-0.2, 0) is 22.1 Å². The maximum absolute atomic E-state index is 13.6. The van der Waals surface area contributed by atoms with E-state index in [1.165, 1.54) is 18.3 Å². The highest BCUT2D eigenvalue weighted by atomic mass is 19.4. The van der Waals surface area contributed by atoms with Crippen molar-refractivity contribution >= 4 is 23.4 Å². The van der Waals surface area contributed by atoms with Crippen molar-refractivity contribution in [2.45, 2.75) is 57.2 Å². The highest BCUT2D eigenvalue weighted by Gasteiger charge is 2.41. The summed E-state index contributed by atoms with van der Waals surface area (Å²) in [6.45, 7) is 5.58. The molecule has 0 radical (unpaired) electrons. The Labute approximate surface area is 228 Å². The van der Waals surface area contributed by atoms with Gasteiger partial charge in [-0.15, -0.1) is 0 Å². The Kier molecular flexibility index (Phi) is 6.57. The fourth-order valence-electron chi connectivity index (χ4n) is 5.32. The fraction of sp³-hybridized carbons (Fsp3) is 0.444. The minimum Gasteiger partial charge on any atom is -0.365 e. The number of benzene rings is 1. The molecule has 0 unspecified atom stereocenters. The van der Waals surface area contributed by atoms with Gasteiger partial charge in [0.1, 0.15) is 0 Å². The molecule has 5 heterocycles. The van der Waals surface area contributed by atoms with Gasteiger partial charge in [-0.3, -0.25) is 15.2 Å². The number of hydrogen-bond donors (Lipinski definition) is 1. The van der Waals surface area contributed by atoms with Crippen LogP contribution < -0.4 is 15.1 Å². The van der Waals surface area contributed by atoms with Gasteiger partial charge in [-0.2, -0.15) is 13.2 Å². The topological polar surface area (TPSA) is 106 Å². The summed E-state index contributed by atoms with van der Waals surface area (Å²) >= 11 is 0. The SMILES string of the molecule is CC1(C)OC[C@H](CCc2cncc(NC(=O)N3c4nc(-c5cccc(C(F)(F)F)c5)ncc4N4CC[C@H]3C4)n2)O1. The first-order chi connectivity index (χ1) is 19.1. The summed E-state index contributed by atoms with van der Waals surface area (Å²) in [5, 5.41) is 2.83. The Hall–Kier alpha value is -3.84. The van der Waals surface area contributed by atoms with Crippen LogP contribution in [0.15, 0.2) is 42.9 Å². The van der Waals surface area contributed by atoms with Gasteiger partial charge in [0.25, 0.3) is 0 Å². The number of anilines is 3. The molecule has 3 aliphatic heterocycles. The minimum atomic E-state index is -4.50. The van der Waals surface area contributed by atoms with Gasteiger partial charge in [-0.05, 0) is 45.2 Å². The number of hydrogen-bond acceptors (Lipinski definition) is 8. The highest BCUT2D eigenvalue weighted by Crippen LogP contribution is 2.40. The molecule has 2 aromatic heterocycles. The number of alkyl halides is 3. The zero-order valence-electron chi connectivity index (χ0n) is 22.0. The molecule has 210 valence electrons. The molecule has 2 atom stereocenters. The van der Waals surface area contributed by atoms with Crippen LogP contribution in [0, 0.1) is 0 Å². The third-order valence-corrected chi connectivity index (χ3v) is 7.22. The van der Waals surface area contributed by atoms with Gasteiger partial charge in [0, 0.05) is 24.8 Å². The van der Waals surface area contributed by atoms with Gasteiger partial charge in [0.2, 0.25) is 0 Å². The molecule has 3 aliphatic rings. The number of amides is 2. The van der Waals surface area contributed by atoms with Crippen LogP contribution in [-0.4, -0.2) is 63.6 Å². The van der Waals surface area contributed by atoms with E-state index in [0.717, 1.165) is 12.1 Å². The van der Waals surface area contributed by atoms with Crippen molar-refractivity contribution in [3.63, 3.8) is 0 Å². The molecule has 3 aromatic rings. The maximum Gasteiger partial charge on any atom is 0.416 e. The van der Waals surface area contributed by atoms with Crippen LogP contribution in [0.3, 0.4) is 0 Å². The lowest BCUT2D eigenvalue weighted by molar-refractivity contribution is -0.139. The quantitative estimate of drug-likeness (QED) is 0.485. The second-order valence-electron chi connectivity index (χ2n) is 10.6. The molecular formula is C27H28F3N7O3. The number of urea groups is 1. The zero-order valence-corrected chi connectivity index (χ0v) is 22.0. The molecule has 2 amide bonds. The number of fused-ring (bicyclic) bond motifs is 4. The van der Waals surface area contributed by atoms with E-state index in [4.69, 9.17) is 9.47 Å². The summed E-state index contributed by atoms with van der Waals surface area (Å²) in [6, 6.07) is 4.24. The number of rotatable bonds is 5. The lowest BCUT2D eigenvalue weighted by atomic mass is 10.1. The Morgan fingerprint density at radius 1 is 1.20 bits per heavy atom. The van der Waals surface area contributed by atoms with E-state index in [9.17, 15) is 18.0 Å². The monoisotopic (exact) mass is 555 g/mol. The number of ether oxygens (including phenoxy) is 2. The Morgan fingerprint density at radius 2 is 2.05 bits per heavy atom. The predicted octanol–water partition coefficient (Wildman–Crippen LogP) is 4.67. The average Bonchev–Trinajstić information content (AvgIpc) is 3.50. The normalized spacial score (nSPS) is 21.4. The molecule has 2 bridgehead atoms. The van der Waals surface area contributed by atoms with Crippen molar-refractivity contribution in [2.24, 2.45) is 0 Å². The number of nitrogens with zero attached hydrogens (tertiary/aromatic N) is 6. The molecule has 1 aromatic carbocycles. The van der Waals surface area contributed by atoms with E-state index in [-0.39, 0.29) is 23.5 Å². The third-order valence-electron chi connectivity index (χ3n) is 7.22. The molecule has 40 heavy (non-hydrogen) atoms. The molecule has 13 heteroatoms. The van der Waals surface area contributed by atoms with Crippen LogP contribution in [0.4, 0.5) is 35.3 Å². The largest absolute Gasteiger partial charge is 0.416 e. The predicted molar refractivity (Wildman–Crippen MR) is 140 cm³/mol. The van der Waals surface area contributed by atoms with Gasteiger partial charge in [-0.1, -0.05) is 12.1 Å². The molecule has 6 rings (SSSR count). The van der Waals surface area contributed by atoms with Crippen molar-refractivity contribution < 1.29 is 27.4 Å². The molecule has 0 spiro atoms. The lowest BCUT2D eigenvalue weighted by Gasteiger charge is -2.35. The van der Waals surface area contributed by atoms with E-state index in [0.29, 0.717) is 62.0 Å². The molecule has 0 aliphatic carbocycles. The average molecular weight is 556 g/mol. The molecule has 2 fully saturated rings. The molecule has 2 saturated heterocycles. The molecule has 10 nitrogen and oxygen atoms in total. The Balaban J connectivity index is 1.22. The van der Waals surface area contributed by atoms with Gasteiger partial charge in [0.15, 0.2) is 23.2 Å². The fourth-order valence-corrected chi connectivity index (χ4v) is 5.32. The second-order valence-corrected chi connectivity index (χ2v) is 10.6. The lowest BCUT2D eigenvalue weighted by Crippen LogP contribution is -2.48. The van der Waals surface area contributed by atoms with Crippen LogP contribution >= 0.6 is 0 Å². The van der Waals surface area contributed by atoms with Gasteiger partial charge in [-0.25, -0.2) is 19.7 Å². The molecule has 0 saturated carbocycles. The molecule has 1 N–H and O–H groups in total. The number of halogens is 3. The number of aromatic nitrogens is 4. The minimum absolute atomic E-state index is 0.0454. The van der Waals surface area contributed by atoms with Crippen LogP contribution in [0.2, 0.25) is 0 Å². The smallest absolute Gasteiger partial charge is 0.365 e. The van der Waals surface area contributed by atoms with Crippen molar-refractivity contribution in [1.82, 2.24) is 19.9 Å². The van der Waals surface area contributed by atoms with Crippen molar-refractivity contribution in [3.05, 3.63) is 54.1 Å². The van der Waals surface area contributed by atoms with Crippen molar-refractivity contribution in [1.29, 1.82) is 0 Å². The van der Waals surface area contributed by atoms with Crippen molar-refractivity contribution in [2.75, 3.05) is 34.8 Å². The third kappa shape index (κ3) is 5.30. The second kappa shape index (κ2) is 9.97. The van der Waals surface area contributed by atoms with Crippen LogP contribution in [0.1, 0.15) is 37.9 Å². The van der Waals surface area contributed by atoms with E-state index < -0.39 is 23.6 Å². The number of aryl methyl sites for hydroxylation is 1. The summed E-state index contributed by atoms with van der Waals surface area (Å²) in [5.74, 6) is 0.143. The highest BCUT2D eigenvalue weighted by molar-refractivity contribution is 6.04. The van der Waals surface area contributed by atoms with Gasteiger partial charge < -0.3 is 14.4 Å². The number of carbonyl (C=O) groups is 1. The molecular weight excluding hydrogens is 527 g/mol. The zero-order chi connectivity index (χ0) is 28.1. The first-order valence-corrected chi connectivity index (χ1v) is 13.1. The number of nitrogens with one attached hydrogen (secondary N) is 1. The van der Waals surface area contributed by atoms with Crippen molar-refractivity contribution in [3.8, 4) is 11.4 Å². The summed E-state index contributed by atoms with van der Waals surface area (Å²) < 4.78 is 51.4. The Morgan fingerprint density at radius 3 is 2.83 bits per heavy atom. The maximum atomic E-state index is 13.6. The standard InChI is InChI=1S/C27H28F3N7O3/c1-26(2)39-15-20(40-26)7-6-18-11-31-13-22(33-18)34-25(38)37-19-8-9-36(14-19)21-12-32-23(35-24(21)37)16-4-3-5-17(10-16)27(28,29)30/h3-5,10-13,19-20H,6-9,14-15H2,1-2H3,(H,33,34,38)/t19-,20-/m0/s1. The van der Waals surface area contributed by atoms with Crippen LogP contribution in [0.25, 0.3) is 11.4 Å². The first-order valence-electron chi connectivity index (χ1n) is 13.1. The summed E-state index contributed by atoms with van der Waals surface area (Å²) in [6.07, 6.45) is 2.15. The Bertz CT molecular complexity index is 1430. The summed E-state index contributed by atoms with van der Waals surface area (Å²) in [4.78, 5) is 34.9. The van der Waals surface area contributed by atoms with Gasteiger partial charge in [0.05, 0.1) is 48.1 Å². The summed E-state index contributed by atoms with van der Waals surface area (Å²) in [7, 11) is 0. The van der Waals surface area contributed by atoms with Crippen LogP contribution in [0.5, 0.6) is 0 Å². The van der Waals surface area contributed by atoms with E-state index >= 15 is 0 Å². The number of carbonyl (C=O) groups excluding carboxylic acids is 1. The van der Waals surface area contributed by atoms with E-state index in [2.05, 4.69) is 30.2 Å². The van der Waals surface area contributed by atoms with Gasteiger partial charge >= 0.3 is 12.2 Å². The van der Waals surface area contributed by atoms with E-state index in [1.807, 2.05) is 13.8 Å². The summed E-state index contributed by atoms with van der Waals surface area (Å²) in [5.41, 5.74) is 0.774.